The number of carboxylic acids is 2. The van der Waals surface area contributed by atoms with Gasteiger partial charge in [-0.3, -0.25) is 4.79 Å². The molecule has 0 aliphatic rings. The summed E-state index contributed by atoms with van der Waals surface area (Å²) in [5.41, 5.74) is 2.95. The van der Waals surface area contributed by atoms with E-state index in [9.17, 15) is 29.0 Å². The summed E-state index contributed by atoms with van der Waals surface area (Å²) in [4.78, 5) is 37.3. The van der Waals surface area contributed by atoms with Crippen LogP contribution >= 0.6 is 0 Å². The molecule has 0 saturated heterocycles. The standard InChI is InChI=1S/C17H11FN2O5/c18-10-6-2-3-7-8(10)4-1-5-9(7)11-12(16(22)23)14(19)20-15(21)13(11)17(24)25/h1-6H,(H,22,23)(H,24,25)(H3,19,20,21). The predicted octanol–water partition coefficient (Wildman–Crippen LogP) is 2.31. The second-order valence-electron chi connectivity index (χ2n) is 5.24. The van der Waals surface area contributed by atoms with Gasteiger partial charge in [-0.25, -0.2) is 14.0 Å². The third kappa shape index (κ3) is 2.49. The van der Waals surface area contributed by atoms with Crippen molar-refractivity contribution in [3.8, 4) is 11.1 Å². The normalized spacial score (nSPS) is 10.8. The summed E-state index contributed by atoms with van der Waals surface area (Å²) in [6.45, 7) is 0. The van der Waals surface area contributed by atoms with Crippen LogP contribution in [-0.2, 0) is 0 Å². The number of aromatic carboxylic acids is 2. The van der Waals surface area contributed by atoms with Crippen molar-refractivity contribution >= 4 is 28.5 Å². The number of nitrogens with two attached hydrogens (primary N) is 1. The van der Waals surface area contributed by atoms with Crippen LogP contribution in [0.25, 0.3) is 21.9 Å². The predicted molar refractivity (Wildman–Crippen MR) is 88.3 cm³/mol. The maximum atomic E-state index is 14.0. The first kappa shape index (κ1) is 16.2. The molecule has 0 amide bonds. The van der Waals surface area contributed by atoms with Crippen LogP contribution in [0.5, 0.6) is 0 Å². The first-order valence-corrected chi connectivity index (χ1v) is 7.03. The summed E-state index contributed by atoms with van der Waals surface area (Å²) in [6.07, 6.45) is 0. The van der Waals surface area contributed by atoms with Gasteiger partial charge in [-0.05, 0) is 17.0 Å². The lowest BCUT2D eigenvalue weighted by Gasteiger charge is -2.14. The number of rotatable bonds is 3. The van der Waals surface area contributed by atoms with Gasteiger partial charge in [-0.1, -0.05) is 30.3 Å². The monoisotopic (exact) mass is 342 g/mol. The van der Waals surface area contributed by atoms with Crippen molar-refractivity contribution in [2.75, 3.05) is 5.73 Å². The number of nitrogens with one attached hydrogen (secondary N) is 1. The lowest BCUT2D eigenvalue weighted by atomic mass is 9.91. The molecule has 2 aromatic carbocycles. The Labute approximate surface area is 139 Å². The highest BCUT2D eigenvalue weighted by atomic mass is 19.1. The van der Waals surface area contributed by atoms with Crippen LogP contribution in [0.1, 0.15) is 20.7 Å². The van der Waals surface area contributed by atoms with Crippen LogP contribution in [0.2, 0.25) is 0 Å². The number of hydrogen-bond donors (Lipinski definition) is 4. The van der Waals surface area contributed by atoms with Gasteiger partial charge in [-0.2, -0.15) is 0 Å². The third-order valence-electron chi connectivity index (χ3n) is 3.81. The molecule has 1 heterocycles. The zero-order valence-corrected chi connectivity index (χ0v) is 12.5. The fourth-order valence-corrected chi connectivity index (χ4v) is 2.81. The Balaban J connectivity index is 2.58. The highest BCUT2D eigenvalue weighted by molar-refractivity contribution is 6.11. The lowest BCUT2D eigenvalue weighted by Crippen LogP contribution is -2.24. The first-order valence-electron chi connectivity index (χ1n) is 7.03. The highest BCUT2D eigenvalue weighted by Crippen LogP contribution is 2.35. The molecule has 0 aliphatic heterocycles. The number of aromatic amines is 1. The molecule has 126 valence electrons. The minimum absolute atomic E-state index is 0.0876. The van der Waals surface area contributed by atoms with E-state index in [0.717, 1.165) is 0 Å². The SMILES string of the molecule is Nc1[nH]c(=O)c(C(=O)O)c(-c2cccc3c(F)cccc23)c1C(=O)O. The van der Waals surface area contributed by atoms with Gasteiger partial charge in [0.15, 0.2) is 0 Å². The van der Waals surface area contributed by atoms with E-state index in [1.54, 1.807) is 0 Å². The van der Waals surface area contributed by atoms with Crippen LogP contribution in [0.15, 0.2) is 41.2 Å². The van der Waals surface area contributed by atoms with Crippen LogP contribution in [0, 0.1) is 5.82 Å². The molecular formula is C17H11FN2O5. The molecule has 25 heavy (non-hydrogen) atoms. The second kappa shape index (κ2) is 5.75. The fourth-order valence-electron chi connectivity index (χ4n) is 2.81. The molecule has 3 aromatic rings. The summed E-state index contributed by atoms with van der Waals surface area (Å²) in [5, 5.41) is 19.3. The number of pyridine rings is 1. The Kier molecular flexibility index (Phi) is 3.72. The zero-order chi connectivity index (χ0) is 18.3. The molecule has 0 bridgehead atoms. The van der Waals surface area contributed by atoms with Gasteiger partial charge < -0.3 is 20.9 Å². The van der Waals surface area contributed by atoms with Crippen LogP contribution in [-0.4, -0.2) is 27.1 Å². The van der Waals surface area contributed by atoms with Gasteiger partial charge in [0.05, 0.1) is 0 Å². The largest absolute Gasteiger partial charge is 0.478 e. The van der Waals surface area contributed by atoms with E-state index in [4.69, 9.17) is 5.73 Å². The van der Waals surface area contributed by atoms with Crippen molar-refractivity contribution < 1.29 is 24.2 Å². The van der Waals surface area contributed by atoms with E-state index < -0.39 is 40.3 Å². The van der Waals surface area contributed by atoms with Gasteiger partial charge in [0.2, 0.25) is 0 Å². The molecule has 0 spiro atoms. The number of carbonyl (C=O) groups is 2. The van der Waals surface area contributed by atoms with Gasteiger partial charge in [-0.15, -0.1) is 0 Å². The summed E-state index contributed by atoms with van der Waals surface area (Å²) in [6, 6.07) is 8.44. The molecule has 0 aliphatic carbocycles. The van der Waals surface area contributed by atoms with Crippen molar-refractivity contribution in [2.24, 2.45) is 0 Å². The molecule has 3 rings (SSSR count). The number of carboxylic acid groups (broad SMARTS) is 2. The van der Waals surface area contributed by atoms with Crippen LogP contribution in [0.3, 0.4) is 0 Å². The maximum Gasteiger partial charge on any atom is 0.342 e. The Morgan fingerprint density at radius 3 is 2.20 bits per heavy atom. The van der Waals surface area contributed by atoms with Crippen molar-refractivity contribution in [3.63, 3.8) is 0 Å². The zero-order valence-electron chi connectivity index (χ0n) is 12.5. The smallest absolute Gasteiger partial charge is 0.342 e. The minimum Gasteiger partial charge on any atom is -0.478 e. The quantitative estimate of drug-likeness (QED) is 0.577. The summed E-state index contributed by atoms with van der Waals surface area (Å²) < 4.78 is 14.0. The molecule has 8 heteroatoms. The first-order chi connectivity index (χ1) is 11.8. The van der Waals surface area contributed by atoms with Crippen LogP contribution < -0.4 is 11.3 Å². The second-order valence-corrected chi connectivity index (χ2v) is 5.24. The molecule has 1 aromatic heterocycles. The van der Waals surface area contributed by atoms with Crippen molar-refractivity contribution in [1.29, 1.82) is 0 Å². The molecule has 0 atom stereocenters. The molecular weight excluding hydrogens is 331 g/mol. The molecule has 0 radical (unpaired) electrons. The summed E-state index contributed by atoms with van der Waals surface area (Å²) in [7, 11) is 0. The highest BCUT2D eigenvalue weighted by Gasteiger charge is 2.27. The molecule has 0 unspecified atom stereocenters. The fraction of sp³-hybridized carbons (Fsp3) is 0. The van der Waals surface area contributed by atoms with E-state index in [1.165, 1.54) is 36.4 Å². The average molecular weight is 342 g/mol. The number of anilines is 1. The van der Waals surface area contributed by atoms with E-state index in [0.29, 0.717) is 0 Å². The number of fused-ring (bicyclic) bond motifs is 1. The number of hydrogen-bond acceptors (Lipinski definition) is 4. The van der Waals surface area contributed by atoms with Gasteiger partial charge in [0.25, 0.3) is 5.56 Å². The van der Waals surface area contributed by atoms with Crippen molar-refractivity contribution in [1.82, 2.24) is 4.98 Å². The van der Waals surface area contributed by atoms with E-state index in [2.05, 4.69) is 0 Å². The Bertz CT molecular complexity index is 1100. The maximum absolute atomic E-state index is 14.0. The number of H-pyrrole nitrogens is 1. The number of nitrogen functional groups attached to an aromatic ring is 1. The van der Waals surface area contributed by atoms with Crippen molar-refractivity contribution in [3.05, 3.63) is 63.7 Å². The summed E-state index contributed by atoms with van der Waals surface area (Å²) in [5.74, 6) is -4.18. The van der Waals surface area contributed by atoms with E-state index in [1.807, 2.05) is 4.98 Å². The van der Waals surface area contributed by atoms with Gasteiger partial charge in [0.1, 0.15) is 22.8 Å². The molecule has 5 N–H and O–H groups in total. The Hall–Kier alpha value is -3.68. The number of aromatic nitrogens is 1. The molecule has 0 fully saturated rings. The van der Waals surface area contributed by atoms with E-state index >= 15 is 0 Å². The number of benzene rings is 2. The Morgan fingerprint density at radius 1 is 0.960 bits per heavy atom. The van der Waals surface area contributed by atoms with Gasteiger partial charge in [0, 0.05) is 10.9 Å². The number of halogens is 1. The van der Waals surface area contributed by atoms with Crippen molar-refractivity contribution in [2.45, 2.75) is 0 Å². The van der Waals surface area contributed by atoms with Crippen LogP contribution in [0.4, 0.5) is 10.2 Å². The average Bonchev–Trinajstić information content (AvgIpc) is 2.53. The topological polar surface area (TPSA) is 133 Å². The molecule has 0 saturated carbocycles. The third-order valence-corrected chi connectivity index (χ3v) is 3.81. The minimum atomic E-state index is -1.62. The molecule has 7 nitrogen and oxygen atoms in total. The lowest BCUT2D eigenvalue weighted by molar-refractivity contribution is 0.0695. The van der Waals surface area contributed by atoms with Gasteiger partial charge >= 0.3 is 11.9 Å². The van der Waals surface area contributed by atoms with E-state index in [-0.39, 0.29) is 21.9 Å². The summed E-state index contributed by atoms with van der Waals surface area (Å²) >= 11 is 0. The Morgan fingerprint density at radius 2 is 1.56 bits per heavy atom.